The fourth-order valence-electron chi connectivity index (χ4n) is 4.60. The molecule has 1 saturated heterocycles. The number of anilines is 1. The third-order valence-electron chi connectivity index (χ3n) is 6.41. The van der Waals surface area contributed by atoms with Gasteiger partial charge in [0.05, 0.1) is 31.0 Å². The molecule has 192 valence electrons. The molecule has 0 aliphatic carbocycles. The van der Waals surface area contributed by atoms with Crippen LogP contribution < -0.4 is 14.4 Å². The SMILES string of the molecule is COc1cc([C@](C)(O)CN2CCN(c3ccc(OCCO)cc3F)[C@H](c3ccc(Cl)cc3)C2)ccn1. The van der Waals surface area contributed by atoms with E-state index in [1.807, 2.05) is 29.2 Å². The molecule has 2 atom stereocenters. The largest absolute Gasteiger partial charge is 0.491 e. The molecule has 1 aliphatic rings. The van der Waals surface area contributed by atoms with Gasteiger partial charge in [-0.2, -0.15) is 0 Å². The predicted octanol–water partition coefficient (Wildman–Crippen LogP) is 4.02. The van der Waals surface area contributed by atoms with E-state index in [1.165, 1.54) is 6.07 Å². The molecule has 9 heteroatoms. The van der Waals surface area contributed by atoms with Gasteiger partial charge in [-0.3, -0.25) is 4.90 Å². The number of halogens is 2. The number of benzene rings is 2. The highest BCUT2D eigenvalue weighted by Gasteiger charge is 2.34. The van der Waals surface area contributed by atoms with Crippen LogP contribution in [0.25, 0.3) is 0 Å². The van der Waals surface area contributed by atoms with Gasteiger partial charge in [0.1, 0.15) is 18.2 Å². The van der Waals surface area contributed by atoms with Gasteiger partial charge in [0.25, 0.3) is 0 Å². The second-order valence-corrected chi connectivity index (χ2v) is 9.48. The van der Waals surface area contributed by atoms with Gasteiger partial charge in [-0.05, 0) is 48.4 Å². The van der Waals surface area contributed by atoms with Gasteiger partial charge < -0.3 is 24.6 Å². The Morgan fingerprint density at radius 2 is 1.92 bits per heavy atom. The third kappa shape index (κ3) is 6.07. The zero-order valence-electron chi connectivity index (χ0n) is 20.4. The second-order valence-electron chi connectivity index (χ2n) is 9.04. The van der Waals surface area contributed by atoms with Crippen LogP contribution in [0, 0.1) is 5.82 Å². The van der Waals surface area contributed by atoms with Crippen molar-refractivity contribution in [3.8, 4) is 11.6 Å². The summed E-state index contributed by atoms with van der Waals surface area (Å²) >= 11 is 6.13. The highest BCUT2D eigenvalue weighted by atomic mass is 35.5. The van der Waals surface area contributed by atoms with Gasteiger partial charge >= 0.3 is 0 Å². The Balaban J connectivity index is 1.59. The minimum absolute atomic E-state index is 0.105. The molecular weight excluding hydrogens is 485 g/mol. The van der Waals surface area contributed by atoms with Gasteiger partial charge in [0.15, 0.2) is 0 Å². The number of hydrogen-bond acceptors (Lipinski definition) is 7. The highest BCUT2D eigenvalue weighted by Crippen LogP contribution is 2.35. The van der Waals surface area contributed by atoms with Crippen LogP contribution >= 0.6 is 11.6 Å². The maximum absolute atomic E-state index is 15.2. The van der Waals surface area contributed by atoms with Crippen molar-refractivity contribution in [1.82, 2.24) is 9.88 Å². The smallest absolute Gasteiger partial charge is 0.213 e. The van der Waals surface area contributed by atoms with Crippen LogP contribution in [0.1, 0.15) is 24.1 Å². The van der Waals surface area contributed by atoms with Crippen LogP contribution in [-0.4, -0.2) is 66.6 Å². The summed E-state index contributed by atoms with van der Waals surface area (Å²) in [5, 5.41) is 20.9. The molecule has 36 heavy (non-hydrogen) atoms. The van der Waals surface area contributed by atoms with E-state index in [9.17, 15) is 5.11 Å². The number of ether oxygens (including phenoxy) is 2. The summed E-state index contributed by atoms with van der Waals surface area (Å²) < 4.78 is 25.8. The van der Waals surface area contributed by atoms with Gasteiger partial charge in [-0.1, -0.05) is 23.7 Å². The molecule has 2 heterocycles. The Bertz CT molecular complexity index is 1160. The number of rotatable bonds is 9. The molecule has 0 spiro atoms. The van der Waals surface area contributed by atoms with E-state index in [4.69, 9.17) is 26.2 Å². The molecule has 0 amide bonds. The topological polar surface area (TPSA) is 78.3 Å². The average Bonchev–Trinajstić information content (AvgIpc) is 2.88. The Labute approximate surface area is 215 Å². The molecule has 1 aromatic heterocycles. The number of β-amino-alcohol motifs (C(OH)–C–C–N with tert-alkyl or cyclic N) is 1. The summed E-state index contributed by atoms with van der Waals surface area (Å²) in [5.74, 6) is 0.420. The Morgan fingerprint density at radius 1 is 1.14 bits per heavy atom. The van der Waals surface area contributed by atoms with Crippen LogP contribution in [0.4, 0.5) is 10.1 Å². The summed E-state index contributed by atoms with van der Waals surface area (Å²) in [6.45, 7) is 3.88. The third-order valence-corrected chi connectivity index (χ3v) is 6.66. The van der Waals surface area contributed by atoms with E-state index >= 15 is 4.39 Å². The maximum Gasteiger partial charge on any atom is 0.213 e. The van der Waals surface area contributed by atoms with Crippen molar-refractivity contribution in [1.29, 1.82) is 0 Å². The summed E-state index contributed by atoms with van der Waals surface area (Å²) in [5.41, 5.74) is 1.04. The Morgan fingerprint density at radius 3 is 2.61 bits per heavy atom. The highest BCUT2D eigenvalue weighted by molar-refractivity contribution is 6.30. The monoisotopic (exact) mass is 515 g/mol. The fraction of sp³-hybridized carbons (Fsp3) is 0.370. The van der Waals surface area contributed by atoms with E-state index < -0.39 is 11.4 Å². The molecular formula is C27H31ClFN3O4. The number of aliphatic hydroxyl groups excluding tert-OH is 1. The molecule has 0 unspecified atom stereocenters. The molecule has 1 aliphatic heterocycles. The first-order chi connectivity index (χ1) is 17.3. The first-order valence-corrected chi connectivity index (χ1v) is 12.2. The standard InChI is InChI=1S/C27H31ClFN3O4/c1-27(34,20-9-10-30-26(15-20)35-2)18-31-11-12-32(25(17-31)19-3-5-21(28)6-4-19)24-8-7-22(16-23(24)29)36-14-13-33/h3-10,15-16,25,33-34H,11-14,17-18H2,1-2H3/t25-,27+/m0/s1. The first-order valence-electron chi connectivity index (χ1n) is 11.8. The van der Waals surface area contributed by atoms with Gasteiger partial charge in [0.2, 0.25) is 5.88 Å². The fourth-order valence-corrected chi connectivity index (χ4v) is 4.72. The van der Waals surface area contributed by atoms with Crippen molar-refractivity contribution in [3.05, 3.63) is 82.8 Å². The van der Waals surface area contributed by atoms with Crippen LogP contribution in [0.3, 0.4) is 0 Å². The lowest BCUT2D eigenvalue weighted by molar-refractivity contribution is 0.00999. The molecule has 3 aromatic rings. The minimum Gasteiger partial charge on any atom is -0.491 e. The van der Waals surface area contributed by atoms with Gasteiger partial charge in [-0.15, -0.1) is 0 Å². The number of pyridine rings is 1. The number of aliphatic hydroxyl groups is 2. The summed E-state index contributed by atoms with van der Waals surface area (Å²) in [6.07, 6.45) is 1.62. The van der Waals surface area contributed by atoms with Crippen molar-refractivity contribution in [3.63, 3.8) is 0 Å². The van der Waals surface area contributed by atoms with Crippen molar-refractivity contribution in [2.24, 2.45) is 0 Å². The zero-order valence-corrected chi connectivity index (χ0v) is 21.2. The number of methoxy groups -OCH3 is 1. The molecule has 0 saturated carbocycles. The van der Waals surface area contributed by atoms with Crippen molar-refractivity contribution >= 4 is 17.3 Å². The maximum atomic E-state index is 15.2. The number of hydrogen-bond donors (Lipinski definition) is 2. The minimum atomic E-state index is -1.14. The van der Waals surface area contributed by atoms with Crippen LogP contribution in [0.5, 0.6) is 11.6 Å². The number of aromatic nitrogens is 1. The number of nitrogens with zero attached hydrogens (tertiary/aromatic N) is 3. The second kappa shape index (κ2) is 11.4. The van der Waals surface area contributed by atoms with Crippen LogP contribution in [-0.2, 0) is 5.60 Å². The average molecular weight is 516 g/mol. The first kappa shape index (κ1) is 26.2. The lowest BCUT2D eigenvalue weighted by Gasteiger charge is -2.45. The Kier molecular flexibility index (Phi) is 8.31. The van der Waals surface area contributed by atoms with Gasteiger partial charge in [-0.25, -0.2) is 9.37 Å². The van der Waals surface area contributed by atoms with Crippen LogP contribution in [0.2, 0.25) is 5.02 Å². The normalized spacial score (nSPS) is 18.1. The molecule has 2 N–H and O–H groups in total. The number of piperazine rings is 1. The van der Waals surface area contributed by atoms with E-state index in [0.717, 1.165) is 5.56 Å². The predicted molar refractivity (Wildman–Crippen MR) is 137 cm³/mol. The van der Waals surface area contributed by atoms with E-state index in [0.29, 0.717) is 54.1 Å². The van der Waals surface area contributed by atoms with Crippen molar-refractivity contribution < 1.29 is 24.1 Å². The summed E-state index contributed by atoms with van der Waals surface area (Å²) in [6, 6.07) is 15.7. The lowest BCUT2D eigenvalue weighted by Crippen LogP contribution is -2.52. The quantitative estimate of drug-likeness (QED) is 0.445. The molecule has 1 fully saturated rings. The summed E-state index contributed by atoms with van der Waals surface area (Å²) in [7, 11) is 1.54. The molecule has 7 nitrogen and oxygen atoms in total. The zero-order chi connectivity index (χ0) is 25.7. The van der Waals surface area contributed by atoms with Crippen molar-refractivity contribution in [2.75, 3.05) is 51.4 Å². The molecule has 0 bridgehead atoms. The van der Waals surface area contributed by atoms with E-state index in [-0.39, 0.29) is 19.3 Å². The lowest BCUT2D eigenvalue weighted by atomic mass is 9.94. The van der Waals surface area contributed by atoms with Gasteiger partial charge in [0, 0.05) is 49.5 Å². The molecule has 2 aromatic carbocycles. The van der Waals surface area contributed by atoms with E-state index in [1.54, 1.807) is 44.5 Å². The Hall–Kier alpha value is -2.91. The molecule has 4 rings (SSSR count). The van der Waals surface area contributed by atoms with Crippen molar-refractivity contribution in [2.45, 2.75) is 18.6 Å². The summed E-state index contributed by atoms with van der Waals surface area (Å²) in [4.78, 5) is 8.35. The van der Waals surface area contributed by atoms with Crippen LogP contribution in [0.15, 0.2) is 60.8 Å². The molecule has 0 radical (unpaired) electrons. The van der Waals surface area contributed by atoms with E-state index in [2.05, 4.69) is 9.88 Å².